The molecule has 0 aliphatic carbocycles. The zero-order chi connectivity index (χ0) is 29.5. The summed E-state index contributed by atoms with van der Waals surface area (Å²) < 4.78 is 13.3. The van der Waals surface area contributed by atoms with Crippen LogP contribution in [-0.2, 0) is 0 Å². The topological polar surface area (TPSA) is 112 Å². The Morgan fingerprint density at radius 3 is 2.29 bits per heavy atom. The van der Waals surface area contributed by atoms with Crippen molar-refractivity contribution in [2.45, 2.75) is 6.92 Å². The van der Waals surface area contributed by atoms with E-state index in [9.17, 15) is 18.8 Å². The molecule has 0 unspecified atom stereocenters. The molecule has 2 heterocycles. The maximum absolute atomic E-state index is 13.3. The van der Waals surface area contributed by atoms with Gasteiger partial charge in [0.1, 0.15) is 5.82 Å². The summed E-state index contributed by atoms with van der Waals surface area (Å²) in [5.74, 6) is -1.37. The van der Waals surface area contributed by atoms with E-state index in [1.165, 1.54) is 24.3 Å². The molecule has 6 rings (SSSR count). The Labute approximate surface area is 241 Å². The number of benzene rings is 4. The number of hydrogen-bond donors (Lipinski definition) is 3. The molecule has 5 aromatic rings. The molecule has 0 bridgehead atoms. The number of nitrogens with one attached hydrogen (secondary N) is 2. The largest absolute Gasteiger partial charge is 0.366 e. The number of aryl methyl sites for hydroxylation is 1. The number of fused-ring (bicyclic) bond motifs is 3. The maximum atomic E-state index is 13.3. The van der Waals surface area contributed by atoms with E-state index < -0.39 is 11.7 Å². The van der Waals surface area contributed by atoms with Gasteiger partial charge in [0, 0.05) is 59.3 Å². The van der Waals surface area contributed by atoms with Gasteiger partial charge in [-0.05, 0) is 85.3 Å². The third kappa shape index (κ3) is 4.99. The number of amides is 3. The fraction of sp³-hybridized carbons (Fsp3) is 0.182. The normalized spacial score (nSPS) is 13.9. The lowest BCUT2D eigenvalue weighted by molar-refractivity contribution is 0.0664. The van der Waals surface area contributed by atoms with Gasteiger partial charge in [0.25, 0.3) is 17.7 Å². The predicted octanol–water partition coefficient (Wildman–Crippen LogP) is 5.17. The molecule has 42 heavy (non-hydrogen) atoms. The predicted molar refractivity (Wildman–Crippen MR) is 162 cm³/mol. The average molecular weight is 564 g/mol. The standard InChI is InChI=1S/C33H30FN5O3/c1-19-3-9-23(36-32(41)20-4-7-22(34)8-5-20)18-27(19)24-11-12-26(31(35)40)30-29(24)25-10-6-21(17-28(25)37-30)33(42)39-15-13-38(2)14-16-39/h3-12,17-18,37H,13-16H2,1-2H3,(H2,35,40)(H,36,41). The molecule has 1 aromatic heterocycles. The monoisotopic (exact) mass is 563 g/mol. The zero-order valence-electron chi connectivity index (χ0n) is 23.3. The molecule has 9 heteroatoms. The SMILES string of the molecule is Cc1ccc(NC(=O)c2ccc(F)cc2)cc1-c1ccc(C(N)=O)c2[nH]c3cc(C(=O)N4CCN(C)CC4)ccc3c12. The average Bonchev–Trinajstić information content (AvgIpc) is 3.37. The number of aromatic nitrogens is 1. The molecule has 0 saturated carbocycles. The van der Waals surface area contributed by atoms with E-state index >= 15 is 0 Å². The van der Waals surface area contributed by atoms with Crippen LogP contribution in [0.1, 0.15) is 36.6 Å². The third-order valence-electron chi connectivity index (χ3n) is 7.95. The number of H-pyrrole nitrogens is 1. The van der Waals surface area contributed by atoms with Gasteiger partial charge >= 0.3 is 0 Å². The van der Waals surface area contributed by atoms with Crippen molar-refractivity contribution in [3.8, 4) is 11.1 Å². The molecule has 212 valence electrons. The van der Waals surface area contributed by atoms with Crippen molar-refractivity contribution in [2.75, 3.05) is 38.5 Å². The van der Waals surface area contributed by atoms with Crippen LogP contribution in [0.5, 0.6) is 0 Å². The molecule has 8 nitrogen and oxygen atoms in total. The van der Waals surface area contributed by atoms with Gasteiger partial charge in [-0.2, -0.15) is 0 Å². The number of hydrogen-bond acceptors (Lipinski definition) is 4. The molecule has 1 fully saturated rings. The molecule has 3 amide bonds. The highest BCUT2D eigenvalue weighted by atomic mass is 19.1. The van der Waals surface area contributed by atoms with Crippen molar-refractivity contribution in [3.05, 3.63) is 101 Å². The van der Waals surface area contributed by atoms with Gasteiger partial charge in [-0.15, -0.1) is 0 Å². The molecule has 1 aliphatic heterocycles. The van der Waals surface area contributed by atoms with Crippen LogP contribution in [0.15, 0.2) is 72.8 Å². The number of rotatable bonds is 5. The van der Waals surface area contributed by atoms with Crippen LogP contribution in [0, 0.1) is 12.7 Å². The summed E-state index contributed by atoms with van der Waals surface area (Å²) >= 11 is 0. The number of nitrogens with zero attached hydrogens (tertiary/aromatic N) is 2. The van der Waals surface area contributed by atoms with Crippen LogP contribution >= 0.6 is 0 Å². The summed E-state index contributed by atoms with van der Waals surface area (Å²) in [6, 6.07) is 20.0. The number of piperazine rings is 1. The summed E-state index contributed by atoms with van der Waals surface area (Å²) in [5.41, 5.74) is 11.5. The Morgan fingerprint density at radius 1 is 0.857 bits per heavy atom. The third-order valence-corrected chi connectivity index (χ3v) is 7.95. The summed E-state index contributed by atoms with van der Waals surface area (Å²) in [4.78, 5) is 45.9. The Morgan fingerprint density at radius 2 is 1.57 bits per heavy atom. The van der Waals surface area contributed by atoms with E-state index in [0.29, 0.717) is 41.0 Å². The smallest absolute Gasteiger partial charge is 0.255 e. The lowest BCUT2D eigenvalue weighted by Crippen LogP contribution is -2.47. The molecule has 1 saturated heterocycles. The molecule has 4 aromatic carbocycles. The molecule has 0 atom stereocenters. The van der Waals surface area contributed by atoms with E-state index in [4.69, 9.17) is 5.73 Å². The fourth-order valence-corrected chi connectivity index (χ4v) is 5.56. The van der Waals surface area contributed by atoms with Crippen molar-refractivity contribution in [2.24, 2.45) is 5.73 Å². The minimum absolute atomic E-state index is 0.0283. The minimum Gasteiger partial charge on any atom is -0.366 e. The number of anilines is 1. The Bertz CT molecular complexity index is 1870. The number of aromatic amines is 1. The van der Waals surface area contributed by atoms with Gasteiger partial charge in [-0.3, -0.25) is 14.4 Å². The lowest BCUT2D eigenvalue weighted by Gasteiger charge is -2.32. The Hall–Kier alpha value is -5.02. The number of nitrogens with two attached hydrogens (primary N) is 1. The summed E-state index contributed by atoms with van der Waals surface area (Å²) in [5, 5.41) is 4.53. The number of carbonyl (C=O) groups excluding carboxylic acids is 3. The van der Waals surface area contributed by atoms with Gasteiger partial charge in [-0.1, -0.05) is 18.2 Å². The van der Waals surface area contributed by atoms with E-state index in [-0.39, 0.29) is 11.8 Å². The molecular weight excluding hydrogens is 533 g/mol. The Kier molecular flexibility index (Phi) is 6.96. The first kappa shape index (κ1) is 27.2. The minimum atomic E-state index is -0.566. The number of primary amides is 1. The Balaban J connectivity index is 1.43. The van der Waals surface area contributed by atoms with E-state index in [2.05, 4.69) is 15.2 Å². The van der Waals surface area contributed by atoms with Crippen LogP contribution in [0.4, 0.5) is 10.1 Å². The van der Waals surface area contributed by atoms with Crippen molar-refractivity contribution in [1.29, 1.82) is 0 Å². The van der Waals surface area contributed by atoms with E-state index in [1.54, 1.807) is 12.1 Å². The number of halogens is 1. The first-order valence-electron chi connectivity index (χ1n) is 13.7. The van der Waals surface area contributed by atoms with Crippen molar-refractivity contribution < 1.29 is 18.8 Å². The maximum Gasteiger partial charge on any atom is 0.255 e. The lowest BCUT2D eigenvalue weighted by atomic mass is 9.93. The molecule has 0 spiro atoms. The van der Waals surface area contributed by atoms with Crippen molar-refractivity contribution in [3.63, 3.8) is 0 Å². The van der Waals surface area contributed by atoms with Crippen LogP contribution < -0.4 is 11.1 Å². The first-order valence-corrected chi connectivity index (χ1v) is 13.7. The molecule has 0 radical (unpaired) electrons. The number of carbonyl (C=O) groups is 3. The first-order chi connectivity index (χ1) is 20.2. The van der Waals surface area contributed by atoms with Gasteiger partial charge < -0.3 is 25.8 Å². The van der Waals surface area contributed by atoms with Gasteiger partial charge in [0.15, 0.2) is 0 Å². The molecule has 4 N–H and O–H groups in total. The van der Waals surface area contributed by atoms with Crippen molar-refractivity contribution >= 4 is 45.2 Å². The van der Waals surface area contributed by atoms with Crippen molar-refractivity contribution in [1.82, 2.24) is 14.8 Å². The number of likely N-dealkylation sites (N-methyl/N-ethyl adjacent to an activating group) is 1. The second-order valence-electron chi connectivity index (χ2n) is 10.7. The summed E-state index contributed by atoms with van der Waals surface area (Å²) in [6.07, 6.45) is 0. The highest BCUT2D eigenvalue weighted by Gasteiger charge is 2.23. The highest BCUT2D eigenvalue weighted by molar-refractivity contribution is 6.20. The van der Waals surface area contributed by atoms with Gasteiger partial charge in [0.2, 0.25) is 0 Å². The summed E-state index contributed by atoms with van der Waals surface area (Å²) in [6.45, 7) is 4.96. The van der Waals surface area contributed by atoms with E-state index in [0.717, 1.165) is 46.1 Å². The van der Waals surface area contributed by atoms with Crippen LogP contribution in [0.25, 0.3) is 32.9 Å². The van der Waals surface area contributed by atoms with Crippen LogP contribution in [0.3, 0.4) is 0 Å². The van der Waals surface area contributed by atoms with Crippen LogP contribution in [0.2, 0.25) is 0 Å². The quantitative estimate of drug-likeness (QED) is 0.274. The fourth-order valence-electron chi connectivity index (χ4n) is 5.56. The summed E-state index contributed by atoms with van der Waals surface area (Å²) in [7, 11) is 2.04. The van der Waals surface area contributed by atoms with Gasteiger partial charge in [0.05, 0.1) is 11.1 Å². The highest BCUT2D eigenvalue weighted by Crippen LogP contribution is 2.39. The van der Waals surface area contributed by atoms with Gasteiger partial charge in [-0.25, -0.2) is 4.39 Å². The molecular formula is C33H30FN5O3. The second kappa shape index (κ2) is 10.8. The zero-order valence-corrected chi connectivity index (χ0v) is 23.3. The van der Waals surface area contributed by atoms with Crippen LogP contribution in [-0.4, -0.2) is 65.7 Å². The van der Waals surface area contributed by atoms with E-state index in [1.807, 2.05) is 55.3 Å². The molecule has 1 aliphatic rings. The second-order valence-corrected chi connectivity index (χ2v) is 10.7.